The lowest BCUT2D eigenvalue weighted by atomic mass is 9.98. The van der Waals surface area contributed by atoms with Gasteiger partial charge >= 0.3 is 23.9 Å². The van der Waals surface area contributed by atoms with E-state index < -0.39 is 67.3 Å². The van der Waals surface area contributed by atoms with Crippen LogP contribution >= 0.6 is 0 Å². The van der Waals surface area contributed by atoms with Gasteiger partial charge in [0, 0.05) is 19.3 Å². The van der Waals surface area contributed by atoms with E-state index in [9.17, 15) is 34.5 Å². The quantitative estimate of drug-likeness (QED) is 0.0228. The number of allylic oxidation sites excluding steroid dienone is 16. The van der Waals surface area contributed by atoms with E-state index >= 15 is 0 Å². The minimum Gasteiger partial charge on any atom is -0.479 e. The molecule has 0 radical (unpaired) electrons. The lowest BCUT2D eigenvalue weighted by molar-refractivity contribution is -0.301. The number of carbonyl (C=O) groups excluding carboxylic acids is 3. The molecule has 3 N–H and O–H groups in total. The van der Waals surface area contributed by atoms with E-state index in [1.165, 1.54) is 25.7 Å². The minimum atomic E-state index is -1.92. The van der Waals surface area contributed by atoms with Gasteiger partial charge in [-0.25, -0.2) is 4.79 Å². The van der Waals surface area contributed by atoms with Crippen molar-refractivity contribution in [1.82, 2.24) is 0 Å². The number of carbonyl (C=O) groups is 4. The molecule has 450 valence electrons. The van der Waals surface area contributed by atoms with Crippen molar-refractivity contribution in [3.05, 3.63) is 97.2 Å². The third-order valence-electron chi connectivity index (χ3n) is 13.6. The van der Waals surface area contributed by atoms with Crippen LogP contribution < -0.4 is 0 Å². The van der Waals surface area contributed by atoms with Crippen molar-refractivity contribution in [3.63, 3.8) is 0 Å². The summed E-state index contributed by atoms with van der Waals surface area (Å²) in [6.45, 7) is 5.77. The zero-order chi connectivity index (χ0) is 57.5. The van der Waals surface area contributed by atoms with Gasteiger partial charge in [-0.15, -0.1) is 0 Å². The van der Waals surface area contributed by atoms with Crippen molar-refractivity contribution < 1.29 is 58.2 Å². The molecule has 0 amide bonds. The molecule has 0 bridgehead atoms. The highest BCUT2D eigenvalue weighted by molar-refractivity contribution is 5.74. The summed E-state index contributed by atoms with van der Waals surface area (Å²) in [7, 11) is 0. The average Bonchev–Trinajstić information content (AvgIpc) is 3.44. The summed E-state index contributed by atoms with van der Waals surface area (Å²) in [4.78, 5) is 51.2. The summed E-state index contributed by atoms with van der Waals surface area (Å²) in [5, 5.41) is 31.5. The number of aliphatic hydroxyl groups excluding tert-OH is 2. The molecule has 0 saturated carbocycles. The van der Waals surface area contributed by atoms with Crippen LogP contribution in [-0.2, 0) is 42.9 Å². The van der Waals surface area contributed by atoms with Crippen LogP contribution in [0, 0.1) is 0 Å². The van der Waals surface area contributed by atoms with Gasteiger partial charge in [0.15, 0.2) is 24.6 Å². The number of hydrogen-bond donors (Lipinski definition) is 3. The van der Waals surface area contributed by atoms with Crippen LogP contribution in [0.5, 0.6) is 0 Å². The number of unbranched alkanes of at least 4 members (excludes halogenated alkanes) is 22. The van der Waals surface area contributed by atoms with Crippen molar-refractivity contribution in [2.75, 3.05) is 13.2 Å². The van der Waals surface area contributed by atoms with Gasteiger partial charge in [-0.1, -0.05) is 214 Å². The number of ether oxygens (including phenoxy) is 5. The highest BCUT2D eigenvalue weighted by atomic mass is 16.7. The highest BCUT2D eigenvalue weighted by Gasteiger charge is 2.50. The second kappa shape index (κ2) is 54.2. The first-order valence-corrected chi connectivity index (χ1v) is 31.2. The summed E-state index contributed by atoms with van der Waals surface area (Å²) in [6.07, 6.45) is 59.3. The van der Waals surface area contributed by atoms with Crippen LogP contribution in [0.4, 0.5) is 0 Å². The average molecular weight is 1110 g/mol. The standard InChI is InChI=1S/C67H110O12/c1-4-7-10-13-16-19-22-25-27-29-30-32-33-36-38-41-44-47-50-53-59(68)75-56-58(77-60(69)54-51-48-45-42-40-37-34-31-28-26-23-20-17-14-11-8-5-2)57-76-67-65(63(72)62(71)64(79-67)66(73)74)78-61(70)55-52-49-46-43-39-35-24-21-18-15-12-9-6-3/h7,10,12,15-17,19-21,24-28,30,32,58,62-65,67,71-72H,4-6,8-9,11,13-14,18,22-23,29,31,33-57H2,1-3H3,(H,73,74)/b10-7-,15-12-,19-16-,20-17-,24-21-,27-25-,28-26-,32-30-. The number of carboxylic acid groups (broad SMARTS) is 1. The Bertz CT molecular complexity index is 1740. The van der Waals surface area contributed by atoms with Gasteiger partial charge in [-0.05, 0) is 116 Å². The van der Waals surface area contributed by atoms with E-state index in [4.69, 9.17) is 23.7 Å². The van der Waals surface area contributed by atoms with E-state index in [1.807, 2.05) is 0 Å². The number of esters is 3. The molecule has 6 atom stereocenters. The number of carboxylic acids is 1. The summed E-state index contributed by atoms with van der Waals surface area (Å²) in [5.41, 5.74) is 0. The van der Waals surface area contributed by atoms with Gasteiger partial charge in [-0.2, -0.15) is 0 Å². The largest absolute Gasteiger partial charge is 0.479 e. The molecule has 0 aromatic rings. The van der Waals surface area contributed by atoms with Gasteiger partial charge in [0.2, 0.25) is 0 Å². The molecule has 0 aromatic carbocycles. The van der Waals surface area contributed by atoms with Crippen molar-refractivity contribution in [1.29, 1.82) is 0 Å². The smallest absolute Gasteiger partial charge is 0.335 e. The first-order valence-electron chi connectivity index (χ1n) is 31.2. The predicted octanol–water partition coefficient (Wildman–Crippen LogP) is 16.5. The molecular formula is C67H110O12. The fourth-order valence-corrected chi connectivity index (χ4v) is 8.84. The van der Waals surface area contributed by atoms with Gasteiger partial charge in [0.25, 0.3) is 0 Å². The van der Waals surface area contributed by atoms with Gasteiger partial charge in [0.05, 0.1) is 6.61 Å². The van der Waals surface area contributed by atoms with E-state index in [1.54, 1.807) is 0 Å². The van der Waals surface area contributed by atoms with Crippen LogP contribution in [0.2, 0.25) is 0 Å². The summed E-state index contributed by atoms with van der Waals surface area (Å²) in [6, 6.07) is 0. The maximum Gasteiger partial charge on any atom is 0.335 e. The molecule has 1 heterocycles. The Balaban J connectivity index is 2.69. The number of hydrogen-bond acceptors (Lipinski definition) is 11. The Kier molecular flexibility index (Phi) is 49.9. The lowest BCUT2D eigenvalue weighted by Crippen LogP contribution is -2.61. The Labute approximate surface area is 479 Å². The second-order valence-corrected chi connectivity index (χ2v) is 20.9. The van der Waals surface area contributed by atoms with Crippen LogP contribution in [0.25, 0.3) is 0 Å². The molecule has 1 aliphatic heterocycles. The van der Waals surface area contributed by atoms with Crippen LogP contribution in [0.3, 0.4) is 0 Å². The first kappa shape index (κ1) is 72.7. The normalized spacial score (nSPS) is 18.5. The van der Waals surface area contributed by atoms with E-state index in [2.05, 4.69) is 118 Å². The third-order valence-corrected chi connectivity index (χ3v) is 13.6. The molecule has 79 heavy (non-hydrogen) atoms. The van der Waals surface area contributed by atoms with Crippen molar-refractivity contribution in [3.8, 4) is 0 Å². The van der Waals surface area contributed by atoms with E-state index in [0.717, 1.165) is 167 Å². The Hall–Kier alpha value is -4.36. The first-order chi connectivity index (χ1) is 38.6. The number of aliphatic carboxylic acids is 1. The maximum atomic E-state index is 13.2. The predicted molar refractivity (Wildman–Crippen MR) is 321 cm³/mol. The zero-order valence-corrected chi connectivity index (χ0v) is 49.6. The SMILES string of the molecule is CC/C=C\C/C=C\C/C=C\C/C=C\CCCCCCCCC(=O)OCC(COC1OC(C(=O)O)C(O)C(O)C1OC(=O)CCCCCCC/C=C\C/C=C\CCC)OC(=O)CCCCCCCCC/C=C\C/C=C\CCCCC. The van der Waals surface area contributed by atoms with Crippen molar-refractivity contribution >= 4 is 23.9 Å². The molecule has 6 unspecified atom stereocenters. The summed E-state index contributed by atoms with van der Waals surface area (Å²) in [5.74, 6) is -3.17. The highest BCUT2D eigenvalue weighted by Crippen LogP contribution is 2.26. The van der Waals surface area contributed by atoms with Gasteiger partial charge < -0.3 is 39.0 Å². The van der Waals surface area contributed by atoms with Crippen molar-refractivity contribution in [2.24, 2.45) is 0 Å². The van der Waals surface area contributed by atoms with Crippen LogP contribution in [0.1, 0.15) is 252 Å². The van der Waals surface area contributed by atoms with E-state index in [0.29, 0.717) is 19.3 Å². The molecule has 0 aromatic heterocycles. The fourth-order valence-electron chi connectivity index (χ4n) is 8.84. The minimum absolute atomic E-state index is 0.0381. The topological polar surface area (TPSA) is 175 Å². The van der Waals surface area contributed by atoms with E-state index in [-0.39, 0.29) is 25.9 Å². The molecule has 0 spiro atoms. The molecule has 12 nitrogen and oxygen atoms in total. The molecule has 0 aliphatic carbocycles. The second-order valence-electron chi connectivity index (χ2n) is 20.9. The Morgan fingerprint density at radius 2 is 0.823 bits per heavy atom. The van der Waals surface area contributed by atoms with Crippen LogP contribution in [-0.4, -0.2) is 89.2 Å². The van der Waals surface area contributed by atoms with Crippen molar-refractivity contribution in [2.45, 2.75) is 289 Å². The van der Waals surface area contributed by atoms with Gasteiger partial charge in [-0.3, -0.25) is 14.4 Å². The Morgan fingerprint density at radius 3 is 1.27 bits per heavy atom. The molecular weight excluding hydrogens is 997 g/mol. The maximum absolute atomic E-state index is 13.2. The lowest BCUT2D eigenvalue weighted by Gasteiger charge is -2.40. The third kappa shape index (κ3) is 44.0. The monoisotopic (exact) mass is 1110 g/mol. The summed E-state index contributed by atoms with van der Waals surface area (Å²) >= 11 is 0. The Morgan fingerprint density at radius 1 is 0.430 bits per heavy atom. The number of rotatable bonds is 52. The molecule has 12 heteroatoms. The molecule has 1 aliphatic rings. The number of aliphatic hydroxyl groups is 2. The molecule has 1 rings (SSSR count). The molecule has 1 saturated heterocycles. The zero-order valence-electron chi connectivity index (χ0n) is 49.6. The fraction of sp³-hybridized carbons (Fsp3) is 0.701. The van der Waals surface area contributed by atoms with Gasteiger partial charge in [0.1, 0.15) is 18.8 Å². The summed E-state index contributed by atoms with van der Waals surface area (Å²) < 4.78 is 28.5. The van der Waals surface area contributed by atoms with Crippen LogP contribution in [0.15, 0.2) is 97.2 Å². The molecule has 1 fully saturated rings.